The van der Waals surface area contributed by atoms with Gasteiger partial charge in [0, 0.05) is 24.8 Å². The van der Waals surface area contributed by atoms with Crippen LogP contribution in [0, 0.1) is 11.7 Å². The first-order chi connectivity index (χ1) is 11.4. The number of methoxy groups -OCH3 is 2. The molecule has 0 N–H and O–H groups in total. The van der Waals surface area contributed by atoms with Gasteiger partial charge in [-0.3, -0.25) is 14.4 Å². The molecule has 0 heterocycles. The van der Waals surface area contributed by atoms with Crippen molar-refractivity contribution in [2.75, 3.05) is 14.2 Å². The number of carbonyl (C=O) groups is 3. The molecule has 0 fully saturated rings. The molecular formula is C18H23FO5. The van der Waals surface area contributed by atoms with Crippen molar-refractivity contribution in [3.8, 4) is 0 Å². The molecule has 2 rings (SSSR count). The van der Waals surface area contributed by atoms with Gasteiger partial charge in [0.15, 0.2) is 5.78 Å². The van der Waals surface area contributed by atoms with Crippen molar-refractivity contribution in [1.82, 2.24) is 0 Å². The minimum atomic E-state index is -0.293. The lowest BCUT2D eigenvalue weighted by Crippen LogP contribution is -2.23. The summed E-state index contributed by atoms with van der Waals surface area (Å²) in [6.45, 7) is 1.36. The third-order valence-electron chi connectivity index (χ3n) is 3.95. The number of hydrogen-bond acceptors (Lipinski definition) is 5. The number of fused-ring (bicyclic) bond motifs is 1. The van der Waals surface area contributed by atoms with E-state index in [9.17, 15) is 18.8 Å². The minimum Gasteiger partial charge on any atom is -0.469 e. The zero-order valence-electron chi connectivity index (χ0n) is 14.3. The molecule has 0 aromatic heterocycles. The van der Waals surface area contributed by atoms with E-state index < -0.39 is 0 Å². The first-order valence-corrected chi connectivity index (χ1v) is 7.83. The lowest BCUT2D eigenvalue weighted by Gasteiger charge is -2.23. The van der Waals surface area contributed by atoms with E-state index in [0.717, 1.165) is 0 Å². The van der Waals surface area contributed by atoms with E-state index in [1.165, 1.54) is 27.2 Å². The molecule has 0 spiro atoms. The predicted octanol–water partition coefficient (Wildman–Crippen LogP) is 3.09. The van der Waals surface area contributed by atoms with Crippen LogP contribution in [0.2, 0.25) is 0 Å². The van der Waals surface area contributed by atoms with E-state index in [2.05, 4.69) is 9.47 Å². The Bertz CT molecular complexity index is 597. The van der Waals surface area contributed by atoms with Gasteiger partial charge in [0.25, 0.3) is 0 Å². The largest absolute Gasteiger partial charge is 0.469 e. The van der Waals surface area contributed by atoms with Gasteiger partial charge >= 0.3 is 11.9 Å². The molecule has 1 aromatic carbocycles. The summed E-state index contributed by atoms with van der Waals surface area (Å²) in [6, 6.07) is 4.65. The fourth-order valence-corrected chi connectivity index (χ4v) is 2.58. The van der Waals surface area contributed by atoms with Crippen molar-refractivity contribution in [3.63, 3.8) is 0 Å². The van der Waals surface area contributed by atoms with Crippen molar-refractivity contribution in [1.29, 1.82) is 0 Å². The van der Waals surface area contributed by atoms with Crippen molar-refractivity contribution in [2.45, 2.75) is 39.0 Å². The van der Waals surface area contributed by atoms with Crippen molar-refractivity contribution < 1.29 is 28.2 Å². The maximum absolute atomic E-state index is 13.6. The summed E-state index contributed by atoms with van der Waals surface area (Å²) in [4.78, 5) is 32.8. The van der Waals surface area contributed by atoms with E-state index in [4.69, 9.17) is 0 Å². The Hall–Kier alpha value is -2.24. The van der Waals surface area contributed by atoms with Crippen LogP contribution in [-0.2, 0) is 25.5 Å². The number of ketones is 1. The second-order valence-corrected chi connectivity index (χ2v) is 5.53. The molecule has 0 amide bonds. The minimum absolute atomic E-state index is 0.00520. The van der Waals surface area contributed by atoms with E-state index in [1.807, 2.05) is 0 Å². The fourth-order valence-electron chi connectivity index (χ4n) is 2.58. The smallest absolute Gasteiger partial charge is 0.305 e. The third kappa shape index (κ3) is 5.76. The number of rotatable bonds is 4. The van der Waals surface area contributed by atoms with Gasteiger partial charge < -0.3 is 9.47 Å². The summed E-state index contributed by atoms with van der Waals surface area (Å²) in [5, 5.41) is 0. The predicted molar refractivity (Wildman–Crippen MR) is 86.1 cm³/mol. The first kappa shape index (κ1) is 19.8. The number of ether oxygens (including phenoxy) is 2. The second-order valence-electron chi connectivity index (χ2n) is 5.53. The van der Waals surface area contributed by atoms with Gasteiger partial charge in [0.1, 0.15) is 5.82 Å². The number of halogens is 1. The number of benzene rings is 1. The molecule has 5 nitrogen and oxygen atoms in total. The second kappa shape index (κ2) is 9.80. The number of esters is 2. The molecule has 0 bridgehead atoms. The lowest BCUT2D eigenvalue weighted by molar-refractivity contribution is -0.141. The summed E-state index contributed by atoms with van der Waals surface area (Å²) in [5.74, 6) is -0.886. The normalized spacial score (nSPS) is 15.7. The average Bonchev–Trinajstić information content (AvgIpc) is 2.57. The Morgan fingerprint density at radius 2 is 1.92 bits per heavy atom. The Labute approximate surface area is 141 Å². The fraction of sp³-hybridized carbons (Fsp3) is 0.500. The Balaban J connectivity index is 0.000000505. The molecule has 1 aromatic rings. The van der Waals surface area contributed by atoms with Crippen LogP contribution in [0.25, 0.3) is 0 Å². The highest BCUT2D eigenvalue weighted by atomic mass is 19.1. The van der Waals surface area contributed by atoms with E-state index in [1.54, 1.807) is 12.1 Å². The molecule has 0 saturated heterocycles. The molecule has 0 radical (unpaired) electrons. The standard InChI is InChI=1S/C15H17FO3.C3H6O2/c1-19-14(17)7-2-4-10-8-9-11-12(15(10)18)5-3-6-13(11)16;1-3(4)5-2/h3,5-6,10H,2,4,7-9H2,1H3;1-2H3/t10-;/m0./s1. The summed E-state index contributed by atoms with van der Waals surface area (Å²) >= 11 is 0. The third-order valence-corrected chi connectivity index (χ3v) is 3.95. The highest BCUT2D eigenvalue weighted by Gasteiger charge is 2.28. The van der Waals surface area contributed by atoms with Crippen molar-refractivity contribution in [3.05, 3.63) is 35.1 Å². The topological polar surface area (TPSA) is 69.7 Å². The van der Waals surface area contributed by atoms with Gasteiger partial charge in [-0.25, -0.2) is 4.39 Å². The van der Waals surface area contributed by atoms with Gasteiger partial charge in [-0.15, -0.1) is 0 Å². The quantitative estimate of drug-likeness (QED) is 0.789. The first-order valence-electron chi connectivity index (χ1n) is 7.83. The van der Waals surface area contributed by atoms with Gasteiger partial charge in [0.05, 0.1) is 14.2 Å². The zero-order chi connectivity index (χ0) is 18.1. The summed E-state index contributed by atoms with van der Waals surface area (Å²) in [7, 11) is 2.70. The summed E-state index contributed by atoms with van der Waals surface area (Å²) in [6.07, 6.45) is 2.87. The summed E-state index contributed by atoms with van der Waals surface area (Å²) < 4.78 is 22.2. The van der Waals surface area contributed by atoms with Crippen LogP contribution in [-0.4, -0.2) is 31.9 Å². The van der Waals surface area contributed by atoms with Crippen LogP contribution >= 0.6 is 0 Å². The molecule has 24 heavy (non-hydrogen) atoms. The lowest BCUT2D eigenvalue weighted by atomic mass is 9.80. The maximum atomic E-state index is 13.6. The molecule has 1 atom stereocenters. The van der Waals surface area contributed by atoms with Crippen LogP contribution in [0.4, 0.5) is 4.39 Å². The van der Waals surface area contributed by atoms with Crippen molar-refractivity contribution in [2.24, 2.45) is 5.92 Å². The molecule has 1 aliphatic rings. The van der Waals surface area contributed by atoms with Gasteiger partial charge in [-0.1, -0.05) is 12.1 Å². The molecule has 0 unspecified atom stereocenters. The summed E-state index contributed by atoms with van der Waals surface area (Å²) in [5.41, 5.74) is 1.05. The Morgan fingerprint density at radius 1 is 1.25 bits per heavy atom. The van der Waals surface area contributed by atoms with E-state index >= 15 is 0 Å². The molecular weight excluding hydrogens is 315 g/mol. The number of carbonyl (C=O) groups excluding carboxylic acids is 3. The molecule has 0 saturated carbocycles. The Morgan fingerprint density at radius 3 is 2.50 bits per heavy atom. The molecule has 0 aliphatic heterocycles. The van der Waals surface area contributed by atoms with Gasteiger partial charge in [-0.05, 0) is 37.3 Å². The maximum Gasteiger partial charge on any atom is 0.305 e. The highest BCUT2D eigenvalue weighted by Crippen LogP contribution is 2.30. The SMILES string of the molecule is COC(=O)CCC[C@H]1CCc2c(F)cccc2C1=O.COC(C)=O. The van der Waals surface area contributed by atoms with Crippen LogP contribution < -0.4 is 0 Å². The van der Waals surface area contributed by atoms with Crippen LogP contribution in [0.15, 0.2) is 18.2 Å². The molecule has 6 heteroatoms. The van der Waals surface area contributed by atoms with E-state index in [-0.39, 0.29) is 29.5 Å². The number of Topliss-reactive ketones (excluding diaryl/α,β-unsaturated/α-hetero) is 1. The van der Waals surface area contributed by atoms with Crippen molar-refractivity contribution >= 4 is 17.7 Å². The monoisotopic (exact) mass is 338 g/mol. The highest BCUT2D eigenvalue weighted by molar-refractivity contribution is 6.00. The van der Waals surface area contributed by atoms with Gasteiger partial charge in [0.2, 0.25) is 0 Å². The van der Waals surface area contributed by atoms with Crippen LogP contribution in [0.1, 0.15) is 48.5 Å². The van der Waals surface area contributed by atoms with Crippen LogP contribution in [0.5, 0.6) is 0 Å². The molecule has 132 valence electrons. The number of hydrogen-bond donors (Lipinski definition) is 0. The van der Waals surface area contributed by atoms with E-state index in [0.29, 0.717) is 43.2 Å². The van der Waals surface area contributed by atoms with Gasteiger partial charge in [-0.2, -0.15) is 0 Å². The zero-order valence-corrected chi connectivity index (χ0v) is 14.3. The Kier molecular flexibility index (Phi) is 8.09. The van der Waals surface area contributed by atoms with Crippen LogP contribution in [0.3, 0.4) is 0 Å². The average molecular weight is 338 g/mol. The molecule has 1 aliphatic carbocycles.